The number of fused-ring (bicyclic) bond motifs is 3. The Balaban J connectivity index is 1.48. The third-order valence-electron chi connectivity index (χ3n) is 6.48. The second kappa shape index (κ2) is 8.13. The van der Waals surface area contributed by atoms with Crippen LogP contribution in [0.25, 0.3) is 11.1 Å². The molecule has 158 valence electrons. The summed E-state index contributed by atoms with van der Waals surface area (Å²) in [6.45, 7) is 4.46. The van der Waals surface area contributed by atoms with Gasteiger partial charge in [-0.15, -0.1) is 0 Å². The summed E-state index contributed by atoms with van der Waals surface area (Å²) < 4.78 is 5.68. The molecule has 2 N–H and O–H groups in total. The third kappa shape index (κ3) is 4.07. The number of ether oxygens (including phenoxy) is 1. The summed E-state index contributed by atoms with van der Waals surface area (Å²) in [6.07, 6.45) is 1.76. The summed E-state index contributed by atoms with van der Waals surface area (Å²) in [5.41, 5.74) is 3.93. The number of carboxylic acid groups (broad SMARTS) is 1. The van der Waals surface area contributed by atoms with E-state index in [2.05, 4.69) is 43.4 Å². The van der Waals surface area contributed by atoms with Crippen LogP contribution in [0.4, 0.5) is 4.79 Å². The first-order valence-electron chi connectivity index (χ1n) is 10.7. The molecule has 0 aromatic heterocycles. The van der Waals surface area contributed by atoms with Crippen LogP contribution in [-0.2, 0) is 9.53 Å². The maximum atomic E-state index is 12.8. The normalized spacial score (nSPS) is 25.3. The monoisotopic (exact) mass is 407 g/mol. The fourth-order valence-corrected chi connectivity index (χ4v) is 5.70. The van der Waals surface area contributed by atoms with E-state index in [9.17, 15) is 14.7 Å². The molecule has 2 aliphatic rings. The van der Waals surface area contributed by atoms with Gasteiger partial charge in [0.05, 0.1) is 12.0 Å². The van der Waals surface area contributed by atoms with Crippen molar-refractivity contribution < 1.29 is 19.4 Å². The van der Waals surface area contributed by atoms with E-state index in [1.54, 1.807) is 0 Å². The maximum absolute atomic E-state index is 12.8. The lowest BCUT2D eigenvalue weighted by Crippen LogP contribution is -2.54. The molecule has 5 heteroatoms. The molecule has 2 aromatic carbocycles. The summed E-state index contributed by atoms with van der Waals surface area (Å²) in [7, 11) is 0. The molecule has 0 heterocycles. The Hall–Kier alpha value is -2.82. The quantitative estimate of drug-likeness (QED) is 0.715. The largest absolute Gasteiger partial charge is 0.481 e. The fourth-order valence-electron chi connectivity index (χ4n) is 5.70. The Kier molecular flexibility index (Phi) is 5.54. The number of nitrogens with one attached hydrogen (secondary N) is 1. The van der Waals surface area contributed by atoms with Crippen molar-refractivity contribution in [1.82, 2.24) is 5.32 Å². The van der Waals surface area contributed by atoms with Crippen molar-refractivity contribution in [3.8, 4) is 11.1 Å². The minimum atomic E-state index is -0.893. The Morgan fingerprint density at radius 1 is 1.00 bits per heavy atom. The van der Waals surface area contributed by atoms with Gasteiger partial charge in [0.2, 0.25) is 0 Å². The van der Waals surface area contributed by atoms with Crippen molar-refractivity contribution in [2.24, 2.45) is 11.8 Å². The molecule has 1 fully saturated rings. The number of amides is 1. The zero-order valence-electron chi connectivity index (χ0n) is 17.6. The third-order valence-corrected chi connectivity index (χ3v) is 6.48. The number of hydrogen-bond acceptors (Lipinski definition) is 3. The van der Waals surface area contributed by atoms with E-state index < -0.39 is 17.6 Å². The van der Waals surface area contributed by atoms with E-state index in [-0.39, 0.29) is 18.9 Å². The van der Waals surface area contributed by atoms with Gasteiger partial charge in [0, 0.05) is 5.92 Å². The molecule has 2 unspecified atom stereocenters. The number of carbonyl (C=O) groups excluding carboxylic acids is 1. The number of carbonyl (C=O) groups is 2. The number of alkyl carbamates (subject to hydrolysis) is 1. The van der Waals surface area contributed by atoms with Crippen LogP contribution in [0.2, 0.25) is 0 Å². The van der Waals surface area contributed by atoms with E-state index in [1.165, 1.54) is 11.1 Å². The molecule has 1 amide bonds. The SMILES string of the molecule is CC1CC(C)CC(CC(=O)O)(NC(=O)OCC2c3ccccc3-c3ccccc32)C1. The van der Waals surface area contributed by atoms with E-state index in [0.29, 0.717) is 24.7 Å². The highest BCUT2D eigenvalue weighted by Gasteiger charge is 2.41. The minimum absolute atomic E-state index is 0.0113. The molecule has 2 atom stereocenters. The Labute approximate surface area is 177 Å². The van der Waals surface area contributed by atoms with Crippen LogP contribution in [-0.4, -0.2) is 29.3 Å². The number of hydrogen-bond donors (Lipinski definition) is 2. The average Bonchev–Trinajstić information content (AvgIpc) is 2.98. The van der Waals surface area contributed by atoms with Crippen LogP contribution in [0, 0.1) is 11.8 Å². The first-order valence-corrected chi connectivity index (χ1v) is 10.7. The van der Waals surface area contributed by atoms with E-state index in [1.807, 2.05) is 24.3 Å². The highest BCUT2D eigenvalue weighted by Crippen LogP contribution is 2.44. The first kappa shape index (κ1) is 20.5. The minimum Gasteiger partial charge on any atom is -0.481 e. The predicted octanol–water partition coefficient (Wildman–Crippen LogP) is 5.19. The number of aliphatic carboxylic acids is 1. The summed E-state index contributed by atoms with van der Waals surface area (Å²) in [5.74, 6) is -0.179. The summed E-state index contributed by atoms with van der Waals surface area (Å²) in [4.78, 5) is 24.3. The van der Waals surface area contributed by atoms with Gasteiger partial charge in [0.15, 0.2) is 0 Å². The van der Waals surface area contributed by atoms with Crippen LogP contribution < -0.4 is 5.32 Å². The number of carboxylic acids is 1. The fraction of sp³-hybridized carbons (Fsp3) is 0.440. The molecule has 1 saturated carbocycles. The Bertz CT molecular complexity index is 898. The van der Waals surface area contributed by atoms with Crippen molar-refractivity contribution in [2.45, 2.75) is 51.0 Å². The molecular formula is C25H29NO4. The molecule has 2 aliphatic carbocycles. The number of benzene rings is 2. The summed E-state index contributed by atoms with van der Waals surface area (Å²) in [6, 6.07) is 16.4. The second-order valence-corrected chi connectivity index (χ2v) is 9.16. The number of rotatable bonds is 5. The molecule has 0 bridgehead atoms. The van der Waals surface area contributed by atoms with Gasteiger partial charge < -0.3 is 15.2 Å². The van der Waals surface area contributed by atoms with Crippen molar-refractivity contribution >= 4 is 12.1 Å². The molecule has 2 aromatic rings. The van der Waals surface area contributed by atoms with E-state index >= 15 is 0 Å². The molecule has 0 saturated heterocycles. The average molecular weight is 408 g/mol. The molecule has 0 aliphatic heterocycles. The van der Waals surface area contributed by atoms with Gasteiger partial charge in [-0.05, 0) is 53.4 Å². The zero-order valence-corrected chi connectivity index (χ0v) is 17.6. The van der Waals surface area contributed by atoms with Crippen molar-refractivity contribution in [3.05, 3.63) is 59.7 Å². The highest BCUT2D eigenvalue weighted by molar-refractivity contribution is 5.79. The van der Waals surface area contributed by atoms with Crippen LogP contribution in [0.15, 0.2) is 48.5 Å². The molecule has 0 spiro atoms. The zero-order chi connectivity index (χ0) is 21.3. The first-order chi connectivity index (χ1) is 14.4. The second-order valence-electron chi connectivity index (χ2n) is 9.16. The van der Waals surface area contributed by atoms with E-state index in [0.717, 1.165) is 17.5 Å². The van der Waals surface area contributed by atoms with Crippen LogP contribution >= 0.6 is 0 Å². The summed E-state index contributed by atoms with van der Waals surface area (Å²) in [5, 5.41) is 12.4. The van der Waals surface area contributed by atoms with Crippen LogP contribution in [0.1, 0.15) is 56.6 Å². The summed E-state index contributed by atoms with van der Waals surface area (Å²) >= 11 is 0. The van der Waals surface area contributed by atoms with Crippen LogP contribution in [0.3, 0.4) is 0 Å². The topological polar surface area (TPSA) is 75.6 Å². The van der Waals surface area contributed by atoms with E-state index in [4.69, 9.17) is 4.74 Å². The highest BCUT2D eigenvalue weighted by atomic mass is 16.5. The van der Waals surface area contributed by atoms with Gasteiger partial charge in [0.1, 0.15) is 6.61 Å². The molecule has 0 radical (unpaired) electrons. The van der Waals surface area contributed by atoms with Crippen molar-refractivity contribution in [3.63, 3.8) is 0 Å². The maximum Gasteiger partial charge on any atom is 0.407 e. The van der Waals surface area contributed by atoms with Crippen molar-refractivity contribution in [1.29, 1.82) is 0 Å². The Morgan fingerprint density at radius 3 is 2.07 bits per heavy atom. The van der Waals surface area contributed by atoms with Gasteiger partial charge in [-0.3, -0.25) is 4.79 Å². The van der Waals surface area contributed by atoms with Gasteiger partial charge in [-0.2, -0.15) is 0 Å². The van der Waals surface area contributed by atoms with Gasteiger partial charge in [-0.25, -0.2) is 4.79 Å². The van der Waals surface area contributed by atoms with Gasteiger partial charge in [0.25, 0.3) is 0 Å². The molecule has 30 heavy (non-hydrogen) atoms. The lowest BCUT2D eigenvalue weighted by Gasteiger charge is -2.42. The molecular weight excluding hydrogens is 378 g/mol. The standard InChI is InChI=1S/C25H29NO4/c1-16-11-17(2)13-25(12-16,14-23(27)28)26-24(29)30-15-22-20-9-5-3-7-18(20)19-8-4-6-10-21(19)22/h3-10,16-17,22H,11-15H2,1-2H3,(H,26,29)(H,27,28). The molecule has 4 rings (SSSR count). The Morgan fingerprint density at radius 2 is 1.53 bits per heavy atom. The van der Waals surface area contributed by atoms with Gasteiger partial charge >= 0.3 is 12.1 Å². The lowest BCUT2D eigenvalue weighted by molar-refractivity contribution is -0.139. The van der Waals surface area contributed by atoms with Crippen molar-refractivity contribution in [2.75, 3.05) is 6.61 Å². The van der Waals surface area contributed by atoms with Gasteiger partial charge in [-0.1, -0.05) is 62.4 Å². The smallest absolute Gasteiger partial charge is 0.407 e. The lowest BCUT2D eigenvalue weighted by atomic mass is 9.70. The van der Waals surface area contributed by atoms with Crippen LogP contribution in [0.5, 0.6) is 0 Å². The predicted molar refractivity (Wildman–Crippen MR) is 115 cm³/mol. The molecule has 5 nitrogen and oxygen atoms in total.